The van der Waals surface area contributed by atoms with E-state index in [0.29, 0.717) is 25.2 Å². The molecule has 8 N–H and O–H groups in total. The van der Waals surface area contributed by atoms with Gasteiger partial charge in [0, 0.05) is 37.7 Å². The molecule has 4 aliphatic carbocycles. The molecule has 0 bridgehead atoms. The number of aliphatic hydroxyl groups is 8. The second kappa shape index (κ2) is 20.0. The summed E-state index contributed by atoms with van der Waals surface area (Å²) in [6.45, 7) is 10.3. The molecule has 0 aromatic heterocycles. The van der Waals surface area contributed by atoms with Gasteiger partial charge in [-0.05, 0) is 107 Å². The minimum absolute atomic E-state index is 0.00421. The average molecular weight is 985 g/mol. The van der Waals surface area contributed by atoms with Crippen molar-refractivity contribution in [2.45, 2.75) is 234 Å². The van der Waals surface area contributed by atoms with Crippen molar-refractivity contribution in [1.29, 1.82) is 0 Å². The zero-order valence-corrected chi connectivity index (χ0v) is 40.5. The van der Waals surface area contributed by atoms with E-state index >= 15 is 0 Å². The molecule has 26 atom stereocenters. The normalized spacial score (nSPS) is 53.3. The van der Waals surface area contributed by atoms with E-state index in [9.17, 15) is 50.4 Å². The van der Waals surface area contributed by atoms with Gasteiger partial charge in [0.05, 0.1) is 54.9 Å². The Morgan fingerprint density at radius 3 is 1.93 bits per heavy atom. The molecule has 0 spiro atoms. The van der Waals surface area contributed by atoms with Crippen molar-refractivity contribution in [2.24, 2.45) is 34.5 Å². The van der Waals surface area contributed by atoms with Crippen LogP contribution in [-0.4, -0.2) is 188 Å². The minimum atomic E-state index is -1.69. The first-order valence-corrected chi connectivity index (χ1v) is 25.3. The number of hydrogen-bond donors (Lipinski definition) is 8. The molecule has 9 rings (SSSR count). The molecule has 0 aromatic rings. The average Bonchev–Trinajstić information content (AvgIpc) is 3.84. The Morgan fingerprint density at radius 1 is 0.710 bits per heavy atom. The fraction of sp³-hybridized carbons (Fsp3) is 0.918. The second-order valence-electron chi connectivity index (χ2n) is 22.2. The molecule has 5 aliphatic heterocycles. The van der Waals surface area contributed by atoms with Crippen LogP contribution in [0.4, 0.5) is 0 Å². The van der Waals surface area contributed by atoms with Gasteiger partial charge in [0.2, 0.25) is 0 Å². The molecule has 0 aromatic carbocycles. The van der Waals surface area contributed by atoms with E-state index in [0.717, 1.165) is 37.7 Å². The predicted molar refractivity (Wildman–Crippen MR) is 235 cm³/mol. The van der Waals surface area contributed by atoms with Gasteiger partial charge in [0.15, 0.2) is 25.2 Å². The van der Waals surface area contributed by atoms with Crippen molar-refractivity contribution in [3.05, 3.63) is 11.6 Å². The number of rotatable bonds is 11. The first kappa shape index (κ1) is 51.9. The lowest BCUT2D eigenvalue weighted by atomic mass is 9.42. The molecule has 20 nitrogen and oxygen atoms in total. The maximum atomic E-state index is 12.6. The molecule has 20 heteroatoms. The van der Waals surface area contributed by atoms with Gasteiger partial charge in [-0.25, -0.2) is 4.79 Å². The standard InChI is InChI=1S/C49H76O20/c1-21-43(67-38-17-32(53)44(22(2)62-38)68-39-18-33(64-24(4)51)45(23(3)63-39)69-46-42(58)41(57)40(56)34(19-50)66-46)31(52)16-37(61-21)65-27-9-11-47(5)26(14-27)7-8-29-30(47)15-35(54)48(6)28(10-12-49(29,48)59)25-13-36(55)60-20-25/h13,21-23,26-35,37-46,50,52-54,56-59H,7-12,14-20H2,1-6H3/t21-,22-,23-,26+,27+,28-,29-,30-,31+,32+,33+,34-,35-,37-,38+,39+,40-,41+,42-,43+,44+,45+,46-,47+,48+,49+/m1/s1. The lowest BCUT2D eigenvalue weighted by Crippen LogP contribution is -2.67. The monoisotopic (exact) mass is 984 g/mol. The van der Waals surface area contributed by atoms with Crippen molar-refractivity contribution in [1.82, 2.24) is 0 Å². The molecule has 4 saturated carbocycles. The first-order valence-electron chi connectivity index (χ1n) is 25.3. The molecule has 9 aliphatic rings. The van der Waals surface area contributed by atoms with Gasteiger partial charge in [0.25, 0.3) is 0 Å². The molecular formula is C49H76O20. The summed E-state index contributed by atoms with van der Waals surface area (Å²) in [5, 5.41) is 88.1. The van der Waals surface area contributed by atoms with Crippen molar-refractivity contribution >= 4 is 11.9 Å². The maximum absolute atomic E-state index is 12.6. The second-order valence-corrected chi connectivity index (χ2v) is 22.2. The number of fused-ring (bicyclic) bond motifs is 5. The van der Waals surface area contributed by atoms with E-state index < -0.39 is 134 Å². The number of ether oxygens (including phenoxy) is 10. The molecule has 0 unspecified atom stereocenters. The summed E-state index contributed by atoms with van der Waals surface area (Å²) in [5.41, 5.74) is -1.01. The molecule has 0 amide bonds. The molecule has 392 valence electrons. The summed E-state index contributed by atoms with van der Waals surface area (Å²) in [6, 6.07) is 0. The maximum Gasteiger partial charge on any atom is 0.331 e. The van der Waals surface area contributed by atoms with Gasteiger partial charge >= 0.3 is 11.9 Å². The van der Waals surface area contributed by atoms with Gasteiger partial charge in [-0.15, -0.1) is 0 Å². The lowest BCUT2D eigenvalue weighted by molar-refractivity contribution is -0.355. The van der Waals surface area contributed by atoms with Crippen LogP contribution >= 0.6 is 0 Å². The van der Waals surface area contributed by atoms with Crippen LogP contribution in [0, 0.1) is 34.5 Å². The van der Waals surface area contributed by atoms with Crippen LogP contribution in [0.1, 0.15) is 112 Å². The highest BCUT2D eigenvalue weighted by Gasteiger charge is 2.71. The van der Waals surface area contributed by atoms with Crippen molar-refractivity contribution < 1.29 is 97.8 Å². The zero-order chi connectivity index (χ0) is 49.5. The van der Waals surface area contributed by atoms with Crippen molar-refractivity contribution in [3.8, 4) is 0 Å². The van der Waals surface area contributed by atoms with Gasteiger partial charge < -0.3 is 88.2 Å². The summed E-state index contributed by atoms with van der Waals surface area (Å²) < 4.78 is 60.1. The molecule has 5 heterocycles. The van der Waals surface area contributed by atoms with Crippen LogP contribution in [0.3, 0.4) is 0 Å². The molecule has 69 heavy (non-hydrogen) atoms. The van der Waals surface area contributed by atoms with Gasteiger partial charge in [-0.2, -0.15) is 0 Å². The van der Waals surface area contributed by atoms with Crippen LogP contribution in [0.2, 0.25) is 0 Å². The molecule has 8 fully saturated rings. The highest BCUT2D eigenvalue weighted by Crippen LogP contribution is 2.70. The quantitative estimate of drug-likeness (QED) is 0.104. The third kappa shape index (κ3) is 9.48. The Morgan fingerprint density at radius 2 is 1.33 bits per heavy atom. The summed E-state index contributed by atoms with van der Waals surface area (Å²) in [4.78, 5) is 24.2. The zero-order valence-electron chi connectivity index (χ0n) is 40.5. The summed E-state index contributed by atoms with van der Waals surface area (Å²) in [5.74, 6) is -0.580. The third-order valence-corrected chi connectivity index (χ3v) is 18.4. The van der Waals surface area contributed by atoms with Crippen LogP contribution < -0.4 is 0 Å². The number of hydrogen-bond acceptors (Lipinski definition) is 20. The van der Waals surface area contributed by atoms with E-state index in [1.165, 1.54) is 6.92 Å². The van der Waals surface area contributed by atoms with Crippen LogP contribution in [0.5, 0.6) is 0 Å². The fourth-order valence-electron chi connectivity index (χ4n) is 14.6. The SMILES string of the molecule is CC(=O)O[C@H]1C[C@H](O[C@@H]2[C@@H](O)C[C@H](O[C@@H]3[C@@H](O)C[C@@H](O[C@H]4CC[C@@]5(C)[C@@H](CC[C@@H]6[C@H]5C[C@@H](O)[C@]5(C)[C@@H](C7=CC(=O)OC7)CC[C@]65O)C4)O[C@@H]3C)O[C@@H]2C)O[C@H](C)[C@@H]1O[C@H]1O[C@H](CO)[C@@H](O)[C@H](O)[C@H]1O. The molecule has 4 saturated heterocycles. The number of carbonyl (C=O) groups is 2. The topological polar surface area (TPSA) is 288 Å². The van der Waals surface area contributed by atoms with Crippen molar-refractivity contribution in [3.63, 3.8) is 0 Å². The highest BCUT2D eigenvalue weighted by atomic mass is 16.8. The van der Waals surface area contributed by atoms with Gasteiger partial charge in [-0.1, -0.05) is 13.8 Å². The largest absolute Gasteiger partial charge is 0.459 e. The summed E-state index contributed by atoms with van der Waals surface area (Å²) >= 11 is 0. The van der Waals surface area contributed by atoms with E-state index in [1.807, 2.05) is 6.92 Å². The minimum Gasteiger partial charge on any atom is -0.459 e. The summed E-state index contributed by atoms with van der Waals surface area (Å²) in [7, 11) is 0. The molecule has 0 radical (unpaired) electrons. The van der Waals surface area contributed by atoms with Crippen LogP contribution in [0.15, 0.2) is 11.6 Å². The van der Waals surface area contributed by atoms with E-state index in [4.69, 9.17) is 47.4 Å². The fourth-order valence-corrected chi connectivity index (χ4v) is 14.6. The van der Waals surface area contributed by atoms with E-state index in [2.05, 4.69) is 6.92 Å². The Kier molecular flexibility index (Phi) is 15.1. The predicted octanol–water partition coefficient (Wildman–Crippen LogP) is 0.613. The first-order chi connectivity index (χ1) is 32.6. The lowest BCUT2D eigenvalue weighted by Gasteiger charge is -2.65. The van der Waals surface area contributed by atoms with E-state index in [1.54, 1.807) is 26.8 Å². The van der Waals surface area contributed by atoms with Crippen molar-refractivity contribution in [2.75, 3.05) is 13.2 Å². The Balaban J connectivity index is 0.752. The van der Waals surface area contributed by atoms with Gasteiger partial charge in [-0.3, -0.25) is 4.79 Å². The molecular weight excluding hydrogens is 909 g/mol. The van der Waals surface area contributed by atoms with Crippen LogP contribution in [0.25, 0.3) is 0 Å². The third-order valence-electron chi connectivity index (χ3n) is 18.4. The van der Waals surface area contributed by atoms with Crippen LogP contribution in [-0.2, 0) is 57.0 Å². The van der Waals surface area contributed by atoms with E-state index in [-0.39, 0.29) is 61.1 Å². The number of cyclic esters (lactones) is 1. The highest BCUT2D eigenvalue weighted by molar-refractivity contribution is 5.85. The van der Waals surface area contributed by atoms with Gasteiger partial charge in [0.1, 0.15) is 55.4 Å². The number of aliphatic hydroxyl groups excluding tert-OH is 7. The Labute approximate surface area is 402 Å². The smallest absolute Gasteiger partial charge is 0.331 e. The Bertz CT molecular complexity index is 1850. The summed E-state index contributed by atoms with van der Waals surface area (Å²) in [6.07, 6.45) is -11.1. The Hall–Kier alpha value is -1.96. The number of carbonyl (C=O) groups excluding carboxylic acids is 2. The number of esters is 2.